The van der Waals surface area contributed by atoms with Crippen molar-refractivity contribution >= 4 is 6.40 Å². The Morgan fingerprint density at radius 2 is 2.13 bits per heavy atom. The molecular formula is C10H17LiN2O2. The van der Waals surface area contributed by atoms with E-state index in [0.717, 1.165) is 6.61 Å². The van der Waals surface area contributed by atoms with Gasteiger partial charge in [0.1, 0.15) is 6.61 Å². The number of nitrogens with zero attached hydrogens (tertiary/aromatic N) is 2. The van der Waals surface area contributed by atoms with Crippen molar-refractivity contribution in [3.8, 4) is 0 Å². The summed E-state index contributed by atoms with van der Waals surface area (Å²) >= 11 is 0. The molecule has 0 radical (unpaired) electrons. The van der Waals surface area contributed by atoms with Gasteiger partial charge in [0.2, 0.25) is 5.54 Å². The molecule has 0 amide bonds. The maximum Gasteiger partial charge on any atom is 1.00 e. The molecule has 0 atom stereocenters. The predicted molar refractivity (Wildman–Crippen MR) is 54.1 cm³/mol. The third kappa shape index (κ3) is 8.51. The first-order valence-corrected chi connectivity index (χ1v) is 4.45. The van der Waals surface area contributed by atoms with Gasteiger partial charge in [-0.1, -0.05) is 6.61 Å². The van der Waals surface area contributed by atoms with Crippen LogP contribution in [-0.4, -0.2) is 30.7 Å². The molecule has 0 fully saturated rings. The summed E-state index contributed by atoms with van der Waals surface area (Å²) in [5.41, 5.74) is -0.639. The van der Waals surface area contributed by atoms with Gasteiger partial charge in [-0.15, -0.1) is 0 Å². The molecule has 1 rings (SSSR count). The van der Waals surface area contributed by atoms with Crippen LogP contribution in [0.15, 0.2) is 4.99 Å². The Morgan fingerprint density at radius 3 is 2.20 bits per heavy atom. The van der Waals surface area contributed by atoms with E-state index in [9.17, 15) is 5.11 Å². The van der Waals surface area contributed by atoms with E-state index in [4.69, 9.17) is 11.3 Å². The number of hydrogen-bond acceptors (Lipinski definition) is 3. The smallest absolute Gasteiger partial charge is 0.849 e. The Balaban J connectivity index is 0. The molecule has 80 valence electrons. The molecule has 0 spiro atoms. The van der Waals surface area contributed by atoms with Crippen molar-refractivity contribution in [1.82, 2.24) is 0 Å². The quantitative estimate of drug-likeness (QED) is 0.362. The molecule has 0 aromatic heterocycles. The molecule has 1 aliphatic rings. The van der Waals surface area contributed by atoms with Gasteiger partial charge in [0, 0.05) is 13.8 Å². The van der Waals surface area contributed by atoms with E-state index in [1.54, 1.807) is 13.8 Å². The Bertz CT molecular complexity index is 244. The molecule has 0 aliphatic carbocycles. The third-order valence-corrected chi connectivity index (χ3v) is 1.57. The molecule has 0 saturated carbocycles. The van der Waals surface area contributed by atoms with Gasteiger partial charge >= 0.3 is 18.9 Å². The molecule has 4 nitrogen and oxygen atoms in total. The number of aliphatic imine (C=N–C) groups is 1. The van der Waals surface area contributed by atoms with E-state index in [-0.39, 0.29) is 31.0 Å². The maximum atomic E-state index is 9.97. The zero-order chi connectivity index (χ0) is 11.2. The molecule has 0 saturated heterocycles. The number of ether oxygens (including phenoxy) is 1. The topological polar surface area (TPSA) is 49.0 Å². The standard InChI is InChI=1S/C5H9NO.C5H8NO.Li/c1-5(2)3-7-4-6-5;1-5(2,4-7)6-3;/h4H,3H2,1-2H3;4H2,1-2H3;/q;-1;+1. The van der Waals surface area contributed by atoms with Crippen LogP contribution in [-0.2, 0) is 4.74 Å². The van der Waals surface area contributed by atoms with Gasteiger partial charge < -0.3 is 14.7 Å². The second kappa shape index (κ2) is 6.90. The predicted octanol–water partition coefficient (Wildman–Crippen LogP) is -2.13. The summed E-state index contributed by atoms with van der Waals surface area (Å²) in [4.78, 5) is 7.10. The first-order valence-electron chi connectivity index (χ1n) is 4.45. The van der Waals surface area contributed by atoms with Crippen molar-refractivity contribution in [3.63, 3.8) is 0 Å². The summed E-state index contributed by atoms with van der Waals surface area (Å²) in [7, 11) is 0. The van der Waals surface area contributed by atoms with Gasteiger partial charge in [0.25, 0.3) is 0 Å². The minimum absolute atomic E-state index is 0. The van der Waals surface area contributed by atoms with E-state index in [2.05, 4.69) is 9.84 Å². The average molecular weight is 204 g/mol. The molecule has 5 heteroatoms. The van der Waals surface area contributed by atoms with Crippen LogP contribution in [0.4, 0.5) is 0 Å². The van der Waals surface area contributed by atoms with Crippen molar-refractivity contribution in [2.45, 2.75) is 38.8 Å². The van der Waals surface area contributed by atoms with Gasteiger partial charge in [-0.25, -0.2) is 11.6 Å². The largest absolute Gasteiger partial charge is 1.00 e. The summed E-state index contributed by atoms with van der Waals surface area (Å²) in [5.74, 6) is 0. The van der Waals surface area contributed by atoms with E-state index in [1.165, 1.54) is 6.40 Å². The van der Waals surface area contributed by atoms with Gasteiger partial charge in [0.05, 0.1) is 5.54 Å². The van der Waals surface area contributed by atoms with E-state index in [0.29, 0.717) is 0 Å². The summed E-state index contributed by atoms with van der Waals surface area (Å²) in [6.07, 6.45) is 1.51. The van der Waals surface area contributed by atoms with Crippen molar-refractivity contribution in [2.24, 2.45) is 4.99 Å². The first kappa shape index (κ1) is 16.9. The molecular weight excluding hydrogens is 187 g/mol. The third-order valence-electron chi connectivity index (χ3n) is 1.57. The summed E-state index contributed by atoms with van der Waals surface area (Å²) < 4.78 is 4.87. The summed E-state index contributed by atoms with van der Waals surface area (Å²) in [6.45, 7) is 14.2. The van der Waals surface area contributed by atoms with Crippen LogP contribution >= 0.6 is 0 Å². The average Bonchev–Trinajstić information content (AvgIpc) is 2.51. The fourth-order valence-corrected chi connectivity index (χ4v) is 0.491. The fourth-order valence-electron chi connectivity index (χ4n) is 0.491. The number of hydrogen-bond donors (Lipinski definition) is 0. The first-order chi connectivity index (χ1) is 6.33. The minimum atomic E-state index is -0.681. The van der Waals surface area contributed by atoms with Gasteiger partial charge in [-0.3, -0.25) is 0 Å². The zero-order valence-electron chi connectivity index (χ0n) is 10.2. The van der Waals surface area contributed by atoms with E-state index >= 15 is 0 Å². The molecule has 0 aromatic carbocycles. The molecule has 15 heavy (non-hydrogen) atoms. The molecule has 0 bridgehead atoms. The Hall–Kier alpha value is -0.483. The van der Waals surface area contributed by atoms with Crippen LogP contribution in [0.5, 0.6) is 0 Å². The van der Waals surface area contributed by atoms with Crippen molar-refractivity contribution < 1.29 is 28.7 Å². The molecule has 0 aromatic rings. The second-order valence-electron chi connectivity index (χ2n) is 4.43. The SMILES string of the molecule is CC1(C)COC=N1.[C-]#[N+]C(C)(C)C[O-].[Li+]. The zero-order valence-corrected chi connectivity index (χ0v) is 10.2. The second-order valence-corrected chi connectivity index (χ2v) is 4.43. The van der Waals surface area contributed by atoms with Crippen LogP contribution in [0.2, 0.25) is 0 Å². The van der Waals surface area contributed by atoms with Crippen LogP contribution in [0, 0.1) is 6.57 Å². The minimum Gasteiger partial charge on any atom is -0.849 e. The molecule has 1 heterocycles. The van der Waals surface area contributed by atoms with E-state index < -0.39 is 5.54 Å². The van der Waals surface area contributed by atoms with Crippen LogP contribution in [0.1, 0.15) is 27.7 Å². The summed E-state index contributed by atoms with van der Waals surface area (Å²) in [5, 5.41) is 9.97. The van der Waals surface area contributed by atoms with Crippen molar-refractivity contribution in [1.29, 1.82) is 0 Å². The van der Waals surface area contributed by atoms with Gasteiger partial charge in [-0.05, 0) is 13.8 Å². The maximum absolute atomic E-state index is 9.97. The Labute approximate surface area is 104 Å². The Kier molecular flexibility index (Phi) is 7.79. The number of rotatable bonds is 1. The van der Waals surface area contributed by atoms with Crippen LogP contribution in [0.25, 0.3) is 4.85 Å². The molecule has 0 N–H and O–H groups in total. The van der Waals surface area contributed by atoms with Crippen molar-refractivity contribution in [2.75, 3.05) is 13.2 Å². The van der Waals surface area contributed by atoms with Crippen LogP contribution < -0.4 is 24.0 Å². The Morgan fingerprint density at radius 1 is 1.60 bits per heavy atom. The van der Waals surface area contributed by atoms with E-state index in [1.807, 2.05) is 13.8 Å². The molecule has 1 aliphatic heterocycles. The molecule has 0 unspecified atom stereocenters. The van der Waals surface area contributed by atoms with Gasteiger partial charge in [0.15, 0.2) is 6.40 Å². The van der Waals surface area contributed by atoms with Crippen LogP contribution in [0.3, 0.4) is 0 Å². The summed E-state index contributed by atoms with van der Waals surface area (Å²) in [6, 6.07) is 0. The monoisotopic (exact) mass is 204 g/mol. The van der Waals surface area contributed by atoms with Crippen molar-refractivity contribution in [3.05, 3.63) is 11.4 Å². The fraction of sp³-hybridized carbons (Fsp3) is 0.800. The van der Waals surface area contributed by atoms with Gasteiger partial charge in [-0.2, -0.15) is 0 Å². The normalized spacial score (nSPS) is 16.5.